The smallest absolute Gasteiger partial charge is 0.131 e. The molecular weight excluding hydrogens is 384 g/mol. The molecule has 1 fully saturated rings. The maximum atomic E-state index is 9.95. The number of rotatable bonds is 6. The summed E-state index contributed by atoms with van der Waals surface area (Å²) >= 11 is 0. The summed E-state index contributed by atoms with van der Waals surface area (Å²) in [5.41, 5.74) is 4.63. The van der Waals surface area contributed by atoms with Gasteiger partial charge in [-0.2, -0.15) is 0 Å². The first-order chi connectivity index (χ1) is 14.9. The maximum absolute atomic E-state index is 9.95. The summed E-state index contributed by atoms with van der Waals surface area (Å²) < 4.78 is 6.00. The van der Waals surface area contributed by atoms with Crippen molar-refractivity contribution < 1.29 is 9.84 Å². The van der Waals surface area contributed by atoms with Gasteiger partial charge in [-0.15, -0.1) is 0 Å². The zero-order valence-corrected chi connectivity index (χ0v) is 18.7. The third kappa shape index (κ3) is 5.13. The van der Waals surface area contributed by atoms with Crippen LogP contribution in [-0.4, -0.2) is 21.2 Å². The van der Waals surface area contributed by atoms with Crippen molar-refractivity contribution in [3.05, 3.63) is 89.0 Å². The predicted octanol–water partition coefficient (Wildman–Crippen LogP) is 5.71. The lowest BCUT2D eigenvalue weighted by Crippen LogP contribution is -2.20. The lowest BCUT2D eigenvalue weighted by Gasteiger charge is -2.26. The van der Waals surface area contributed by atoms with Gasteiger partial charge >= 0.3 is 0 Å². The van der Waals surface area contributed by atoms with Gasteiger partial charge in [0.15, 0.2) is 0 Å². The van der Waals surface area contributed by atoms with Gasteiger partial charge in [-0.25, -0.2) is 9.97 Å². The number of hydrogen-bond donors (Lipinski definition) is 1. The van der Waals surface area contributed by atoms with Gasteiger partial charge in [0.2, 0.25) is 0 Å². The fraction of sp³-hybridized carbons (Fsp3) is 0.407. The van der Waals surface area contributed by atoms with Crippen molar-refractivity contribution in [2.75, 3.05) is 0 Å². The lowest BCUT2D eigenvalue weighted by atomic mass is 9.78. The predicted molar refractivity (Wildman–Crippen MR) is 123 cm³/mol. The molecule has 0 bridgehead atoms. The molecule has 2 aromatic carbocycles. The second-order valence-corrected chi connectivity index (χ2v) is 9.23. The van der Waals surface area contributed by atoms with E-state index in [9.17, 15) is 5.11 Å². The molecule has 0 amide bonds. The highest BCUT2D eigenvalue weighted by molar-refractivity contribution is 5.40. The molecule has 31 heavy (non-hydrogen) atoms. The summed E-state index contributed by atoms with van der Waals surface area (Å²) in [5.74, 6) is 1.90. The van der Waals surface area contributed by atoms with E-state index < -0.39 is 0 Å². The molecule has 1 heterocycles. The van der Waals surface area contributed by atoms with Crippen LogP contribution in [0.1, 0.15) is 73.7 Å². The van der Waals surface area contributed by atoms with E-state index in [0.29, 0.717) is 6.61 Å². The molecule has 3 aromatic rings. The summed E-state index contributed by atoms with van der Waals surface area (Å²) in [5, 5.41) is 9.95. The Morgan fingerprint density at radius 2 is 1.65 bits per heavy atom. The Morgan fingerprint density at radius 3 is 2.32 bits per heavy atom. The van der Waals surface area contributed by atoms with Crippen molar-refractivity contribution in [2.45, 2.75) is 70.5 Å². The number of aliphatic hydroxyl groups excluding tert-OH is 1. The van der Waals surface area contributed by atoms with Gasteiger partial charge in [-0.1, -0.05) is 62.2 Å². The highest BCUT2D eigenvalue weighted by atomic mass is 16.5. The second-order valence-electron chi connectivity index (χ2n) is 9.23. The van der Waals surface area contributed by atoms with E-state index in [-0.39, 0.29) is 17.4 Å². The average molecular weight is 417 g/mol. The Bertz CT molecular complexity index is 997. The Balaban J connectivity index is 1.41. The first-order valence-corrected chi connectivity index (χ1v) is 11.2. The Morgan fingerprint density at radius 1 is 0.968 bits per heavy atom. The Kier molecular flexibility index (Phi) is 6.38. The quantitative estimate of drug-likeness (QED) is 0.559. The van der Waals surface area contributed by atoms with E-state index in [1.807, 2.05) is 18.2 Å². The van der Waals surface area contributed by atoms with Crippen molar-refractivity contribution in [3.63, 3.8) is 0 Å². The number of aryl methyl sites for hydroxylation is 1. The van der Waals surface area contributed by atoms with E-state index in [1.54, 1.807) is 6.20 Å². The molecule has 1 aliphatic rings. The van der Waals surface area contributed by atoms with E-state index in [4.69, 9.17) is 9.72 Å². The molecule has 1 saturated carbocycles. The molecule has 2 atom stereocenters. The molecule has 4 heteroatoms. The van der Waals surface area contributed by atoms with Crippen molar-refractivity contribution in [3.8, 4) is 5.75 Å². The van der Waals surface area contributed by atoms with Crippen molar-refractivity contribution in [2.24, 2.45) is 0 Å². The number of benzene rings is 2. The molecule has 0 spiro atoms. The van der Waals surface area contributed by atoms with Crippen molar-refractivity contribution >= 4 is 0 Å². The standard InChI is InChI=1S/C27H32N2O2/c1-19-7-9-21(10-8-19)27(2,3)22-11-13-25(14-12-22)31-18-23-15-16-28-26(29-23)20-5-4-6-24(30)17-20/h7-16,20,24,30H,4-6,17-18H2,1-3H3/t20?,24-/m0/s1. The van der Waals surface area contributed by atoms with Gasteiger partial charge in [-0.3, -0.25) is 0 Å². The number of nitrogens with zero attached hydrogens (tertiary/aromatic N) is 2. The monoisotopic (exact) mass is 416 g/mol. The first kappa shape index (κ1) is 21.5. The van der Waals surface area contributed by atoms with Gasteiger partial charge in [0.05, 0.1) is 11.8 Å². The van der Waals surface area contributed by atoms with Crippen LogP contribution in [0, 0.1) is 6.92 Å². The molecule has 162 valence electrons. The highest BCUT2D eigenvalue weighted by Gasteiger charge is 2.24. The second kappa shape index (κ2) is 9.19. The number of hydrogen-bond acceptors (Lipinski definition) is 4. The van der Waals surface area contributed by atoms with Gasteiger partial charge < -0.3 is 9.84 Å². The fourth-order valence-corrected chi connectivity index (χ4v) is 4.35. The zero-order valence-electron chi connectivity index (χ0n) is 18.7. The molecule has 1 N–H and O–H groups in total. The molecule has 4 nitrogen and oxygen atoms in total. The van der Waals surface area contributed by atoms with Gasteiger partial charge in [0.25, 0.3) is 0 Å². The number of aromatic nitrogens is 2. The van der Waals surface area contributed by atoms with Crippen LogP contribution in [0.3, 0.4) is 0 Å². The maximum Gasteiger partial charge on any atom is 0.131 e. The molecule has 4 rings (SSSR count). The zero-order chi connectivity index (χ0) is 21.8. The SMILES string of the molecule is Cc1ccc(C(C)(C)c2ccc(OCc3ccnc(C4CCC[C@H](O)C4)n3)cc2)cc1. The molecule has 1 unspecified atom stereocenters. The summed E-state index contributed by atoms with van der Waals surface area (Å²) in [6.45, 7) is 7.02. The van der Waals surface area contributed by atoms with Crippen LogP contribution in [0.2, 0.25) is 0 Å². The Hall–Kier alpha value is -2.72. The van der Waals surface area contributed by atoms with Crippen LogP contribution in [0.4, 0.5) is 0 Å². The van der Waals surface area contributed by atoms with Gasteiger partial charge in [-0.05, 0) is 55.5 Å². The van der Waals surface area contributed by atoms with Crippen molar-refractivity contribution in [1.82, 2.24) is 9.97 Å². The van der Waals surface area contributed by atoms with E-state index in [0.717, 1.165) is 43.0 Å². The molecule has 1 aromatic heterocycles. The third-order valence-corrected chi connectivity index (χ3v) is 6.48. The summed E-state index contributed by atoms with van der Waals surface area (Å²) in [6.07, 6.45) is 5.28. The molecule has 0 radical (unpaired) electrons. The van der Waals surface area contributed by atoms with Gasteiger partial charge in [0.1, 0.15) is 18.2 Å². The van der Waals surface area contributed by atoms with Crippen LogP contribution < -0.4 is 4.74 Å². The van der Waals surface area contributed by atoms with Crippen LogP contribution in [0.15, 0.2) is 60.8 Å². The molecule has 0 saturated heterocycles. The molecule has 1 aliphatic carbocycles. The largest absolute Gasteiger partial charge is 0.487 e. The molecular formula is C27H32N2O2. The van der Waals surface area contributed by atoms with E-state index in [1.165, 1.54) is 16.7 Å². The third-order valence-electron chi connectivity index (χ3n) is 6.48. The molecule has 0 aliphatic heterocycles. The van der Waals surface area contributed by atoms with Gasteiger partial charge in [0, 0.05) is 17.5 Å². The van der Waals surface area contributed by atoms with Crippen LogP contribution in [-0.2, 0) is 12.0 Å². The summed E-state index contributed by atoms with van der Waals surface area (Å²) in [4.78, 5) is 9.15. The van der Waals surface area contributed by atoms with Crippen LogP contribution in [0.5, 0.6) is 5.75 Å². The van der Waals surface area contributed by atoms with Crippen LogP contribution in [0.25, 0.3) is 0 Å². The fourth-order valence-electron chi connectivity index (χ4n) is 4.35. The minimum atomic E-state index is -0.232. The normalized spacial score (nSPS) is 19.2. The van der Waals surface area contributed by atoms with Crippen LogP contribution >= 0.6 is 0 Å². The minimum absolute atomic E-state index is 0.0711. The van der Waals surface area contributed by atoms with E-state index >= 15 is 0 Å². The number of ether oxygens (including phenoxy) is 1. The lowest BCUT2D eigenvalue weighted by molar-refractivity contribution is 0.117. The number of aliphatic hydroxyl groups is 1. The topological polar surface area (TPSA) is 55.2 Å². The Labute approximate surface area is 185 Å². The average Bonchev–Trinajstić information content (AvgIpc) is 2.78. The highest BCUT2D eigenvalue weighted by Crippen LogP contribution is 2.33. The first-order valence-electron chi connectivity index (χ1n) is 11.2. The summed E-state index contributed by atoms with van der Waals surface area (Å²) in [6, 6.07) is 19.0. The van der Waals surface area contributed by atoms with E-state index in [2.05, 4.69) is 62.2 Å². The minimum Gasteiger partial charge on any atom is -0.487 e. The van der Waals surface area contributed by atoms with Crippen molar-refractivity contribution in [1.29, 1.82) is 0 Å². The summed E-state index contributed by atoms with van der Waals surface area (Å²) in [7, 11) is 0.